The fourth-order valence-electron chi connectivity index (χ4n) is 3.18. The lowest BCUT2D eigenvalue weighted by Crippen LogP contribution is -2.27. The quantitative estimate of drug-likeness (QED) is 0.865. The molecule has 3 rings (SSSR count). The molecule has 23 heavy (non-hydrogen) atoms. The van der Waals surface area contributed by atoms with Gasteiger partial charge in [0.25, 0.3) is 5.91 Å². The lowest BCUT2D eigenvalue weighted by Gasteiger charge is -2.19. The van der Waals surface area contributed by atoms with E-state index in [9.17, 15) is 14.7 Å². The summed E-state index contributed by atoms with van der Waals surface area (Å²) in [4.78, 5) is 30.0. The van der Waals surface area contributed by atoms with E-state index in [1.54, 1.807) is 18.3 Å². The van der Waals surface area contributed by atoms with Gasteiger partial charge in [-0.05, 0) is 36.8 Å². The molecule has 124 valence electrons. The number of hydrogen-bond donors (Lipinski definition) is 2. The molecular weight excluding hydrogens is 294 g/mol. The third-order valence-electron chi connectivity index (χ3n) is 4.78. The van der Waals surface area contributed by atoms with Crippen molar-refractivity contribution < 1.29 is 14.7 Å². The van der Waals surface area contributed by atoms with Gasteiger partial charge in [0.05, 0.1) is 5.92 Å². The molecular formula is C17H23N3O3. The lowest BCUT2D eigenvalue weighted by molar-refractivity contribution is -0.142. The summed E-state index contributed by atoms with van der Waals surface area (Å²) in [6.45, 7) is 5.21. The molecule has 2 heterocycles. The lowest BCUT2D eigenvalue weighted by atomic mass is 9.86. The second-order valence-electron chi connectivity index (χ2n) is 6.91. The van der Waals surface area contributed by atoms with Crippen LogP contribution in [0.3, 0.4) is 0 Å². The zero-order valence-corrected chi connectivity index (χ0v) is 13.5. The van der Waals surface area contributed by atoms with Crippen molar-refractivity contribution in [2.75, 3.05) is 18.0 Å². The number of carboxylic acids is 1. The first-order chi connectivity index (χ1) is 11.0. The van der Waals surface area contributed by atoms with Crippen LogP contribution in [0.2, 0.25) is 0 Å². The standard InChI is InChI=1S/C17H23N3O3/c1-10(2)13-8-20(9-14(13)17(22)23)15-7-11(5-6-18-15)16(21)19-12-3-4-12/h5-7,10,12-14H,3-4,8-9H2,1-2H3,(H,19,21)(H,22,23)/t13-,14+/m0/s1. The Labute approximate surface area is 135 Å². The molecule has 0 bridgehead atoms. The summed E-state index contributed by atoms with van der Waals surface area (Å²) in [6.07, 6.45) is 3.72. The summed E-state index contributed by atoms with van der Waals surface area (Å²) in [5.41, 5.74) is 0.585. The van der Waals surface area contributed by atoms with Crippen LogP contribution in [-0.4, -0.2) is 41.1 Å². The summed E-state index contributed by atoms with van der Waals surface area (Å²) in [5, 5.41) is 12.4. The van der Waals surface area contributed by atoms with Crippen LogP contribution < -0.4 is 10.2 Å². The fourth-order valence-corrected chi connectivity index (χ4v) is 3.18. The van der Waals surface area contributed by atoms with Crippen LogP contribution in [0.4, 0.5) is 5.82 Å². The van der Waals surface area contributed by atoms with Gasteiger partial charge in [0.2, 0.25) is 0 Å². The van der Waals surface area contributed by atoms with Gasteiger partial charge in [-0.2, -0.15) is 0 Å². The number of aromatic nitrogens is 1. The van der Waals surface area contributed by atoms with E-state index in [1.165, 1.54) is 0 Å². The highest BCUT2D eigenvalue weighted by molar-refractivity contribution is 5.95. The summed E-state index contributed by atoms with van der Waals surface area (Å²) in [7, 11) is 0. The molecule has 1 amide bonds. The Bertz CT molecular complexity index is 613. The number of amides is 1. The molecule has 2 aliphatic rings. The maximum Gasteiger partial charge on any atom is 0.308 e. The van der Waals surface area contributed by atoms with E-state index in [4.69, 9.17) is 0 Å². The molecule has 1 saturated heterocycles. The van der Waals surface area contributed by atoms with Crippen molar-refractivity contribution in [2.24, 2.45) is 17.8 Å². The van der Waals surface area contributed by atoms with Crippen LogP contribution in [0.15, 0.2) is 18.3 Å². The average molecular weight is 317 g/mol. The van der Waals surface area contributed by atoms with Crippen molar-refractivity contribution in [1.82, 2.24) is 10.3 Å². The molecule has 0 spiro atoms. The van der Waals surface area contributed by atoms with Gasteiger partial charge >= 0.3 is 5.97 Å². The Kier molecular flexibility index (Phi) is 4.24. The third kappa shape index (κ3) is 3.46. The smallest absolute Gasteiger partial charge is 0.308 e. The number of nitrogens with zero attached hydrogens (tertiary/aromatic N) is 2. The van der Waals surface area contributed by atoms with Gasteiger partial charge in [-0.3, -0.25) is 9.59 Å². The highest BCUT2D eigenvalue weighted by atomic mass is 16.4. The maximum absolute atomic E-state index is 12.2. The Hall–Kier alpha value is -2.11. The first-order valence-corrected chi connectivity index (χ1v) is 8.20. The molecule has 0 unspecified atom stereocenters. The van der Waals surface area contributed by atoms with Crippen molar-refractivity contribution in [2.45, 2.75) is 32.7 Å². The predicted octanol–water partition coefficient (Wildman–Crippen LogP) is 1.77. The van der Waals surface area contributed by atoms with Crippen molar-refractivity contribution in [3.05, 3.63) is 23.9 Å². The van der Waals surface area contributed by atoms with Gasteiger partial charge in [-0.1, -0.05) is 13.8 Å². The van der Waals surface area contributed by atoms with E-state index in [1.807, 2.05) is 4.90 Å². The second kappa shape index (κ2) is 6.18. The van der Waals surface area contributed by atoms with Gasteiger partial charge in [-0.25, -0.2) is 4.98 Å². The molecule has 1 aliphatic heterocycles. The first-order valence-electron chi connectivity index (χ1n) is 8.20. The Morgan fingerprint density at radius 3 is 2.65 bits per heavy atom. The van der Waals surface area contributed by atoms with E-state index in [-0.39, 0.29) is 17.7 Å². The minimum Gasteiger partial charge on any atom is -0.481 e. The topological polar surface area (TPSA) is 82.5 Å². The number of nitrogens with one attached hydrogen (secondary N) is 1. The molecule has 1 aliphatic carbocycles. The normalized spacial score (nSPS) is 24.0. The molecule has 2 fully saturated rings. The van der Waals surface area contributed by atoms with E-state index in [0.717, 1.165) is 12.8 Å². The molecule has 6 nitrogen and oxygen atoms in total. The van der Waals surface area contributed by atoms with E-state index in [0.29, 0.717) is 36.4 Å². The molecule has 2 N–H and O–H groups in total. The van der Waals surface area contributed by atoms with Gasteiger partial charge in [-0.15, -0.1) is 0 Å². The zero-order valence-electron chi connectivity index (χ0n) is 13.5. The minimum atomic E-state index is -0.756. The molecule has 1 aromatic heterocycles. The molecule has 0 radical (unpaired) electrons. The van der Waals surface area contributed by atoms with Crippen molar-refractivity contribution in [3.63, 3.8) is 0 Å². The minimum absolute atomic E-state index is 0.0782. The van der Waals surface area contributed by atoms with E-state index < -0.39 is 5.97 Å². The highest BCUT2D eigenvalue weighted by Crippen LogP contribution is 2.32. The first kappa shape index (κ1) is 15.8. The number of rotatable bonds is 5. The maximum atomic E-state index is 12.2. The fraction of sp³-hybridized carbons (Fsp3) is 0.588. The van der Waals surface area contributed by atoms with Crippen LogP contribution >= 0.6 is 0 Å². The molecule has 6 heteroatoms. The number of carbonyl (C=O) groups excluding carboxylic acids is 1. The van der Waals surface area contributed by atoms with Crippen LogP contribution in [-0.2, 0) is 4.79 Å². The summed E-state index contributed by atoms with van der Waals surface area (Å²) >= 11 is 0. The third-order valence-corrected chi connectivity index (χ3v) is 4.78. The number of pyridine rings is 1. The summed E-state index contributed by atoms with van der Waals surface area (Å²) < 4.78 is 0. The SMILES string of the molecule is CC(C)[C@@H]1CN(c2cc(C(=O)NC3CC3)ccn2)C[C@H]1C(=O)O. The summed E-state index contributed by atoms with van der Waals surface area (Å²) in [6, 6.07) is 3.78. The number of aliphatic carboxylic acids is 1. The monoisotopic (exact) mass is 317 g/mol. The summed E-state index contributed by atoms with van der Waals surface area (Å²) in [5.74, 6) is -0.149. The number of anilines is 1. The van der Waals surface area contributed by atoms with Gasteiger partial charge in [0.15, 0.2) is 0 Å². The van der Waals surface area contributed by atoms with E-state index >= 15 is 0 Å². The molecule has 1 aromatic rings. The van der Waals surface area contributed by atoms with Crippen molar-refractivity contribution in [3.8, 4) is 0 Å². The number of hydrogen-bond acceptors (Lipinski definition) is 4. The van der Waals surface area contributed by atoms with Crippen molar-refractivity contribution >= 4 is 17.7 Å². The van der Waals surface area contributed by atoms with Crippen LogP contribution in [0, 0.1) is 17.8 Å². The Balaban J connectivity index is 1.76. The van der Waals surface area contributed by atoms with Crippen LogP contribution in [0.1, 0.15) is 37.0 Å². The molecule has 2 atom stereocenters. The highest BCUT2D eigenvalue weighted by Gasteiger charge is 2.39. The average Bonchev–Trinajstić information content (AvgIpc) is 3.20. The Morgan fingerprint density at radius 1 is 1.35 bits per heavy atom. The van der Waals surface area contributed by atoms with Crippen LogP contribution in [0.5, 0.6) is 0 Å². The number of carbonyl (C=O) groups is 2. The molecule has 1 saturated carbocycles. The molecule has 0 aromatic carbocycles. The number of carboxylic acid groups (broad SMARTS) is 1. The van der Waals surface area contributed by atoms with E-state index in [2.05, 4.69) is 24.1 Å². The van der Waals surface area contributed by atoms with Gasteiger partial charge < -0.3 is 15.3 Å². The predicted molar refractivity (Wildman–Crippen MR) is 86.4 cm³/mol. The largest absolute Gasteiger partial charge is 0.481 e. The Morgan fingerprint density at radius 2 is 2.09 bits per heavy atom. The van der Waals surface area contributed by atoms with Gasteiger partial charge in [0.1, 0.15) is 5.82 Å². The zero-order chi connectivity index (χ0) is 16.6. The van der Waals surface area contributed by atoms with Crippen LogP contribution in [0.25, 0.3) is 0 Å². The van der Waals surface area contributed by atoms with Gasteiger partial charge in [0, 0.05) is 30.9 Å². The van der Waals surface area contributed by atoms with Crippen molar-refractivity contribution in [1.29, 1.82) is 0 Å². The second-order valence-corrected chi connectivity index (χ2v) is 6.91.